The van der Waals surface area contributed by atoms with Gasteiger partial charge >= 0.3 is 11.9 Å². The Morgan fingerprint density at radius 3 is 2.16 bits per heavy atom. The summed E-state index contributed by atoms with van der Waals surface area (Å²) in [6.45, 7) is 12.0. The summed E-state index contributed by atoms with van der Waals surface area (Å²) in [6.07, 6.45) is 13.4. The van der Waals surface area contributed by atoms with Gasteiger partial charge in [-0.2, -0.15) is 0 Å². The second-order valence-electron chi connectivity index (χ2n) is 18.9. The van der Waals surface area contributed by atoms with Crippen molar-refractivity contribution in [2.75, 3.05) is 80.8 Å². The highest BCUT2D eigenvalue weighted by Gasteiger charge is 2.45. The molecule has 3 unspecified atom stereocenters. The monoisotopic (exact) mass is 1230 g/mol. The number of aryl methyl sites for hydroxylation is 2. The van der Waals surface area contributed by atoms with E-state index in [4.69, 9.17) is 79.8 Å². The summed E-state index contributed by atoms with van der Waals surface area (Å²) in [5, 5.41) is 9.91. The van der Waals surface area contributed by atoms with Gasteiger partial charge in [0.1, 0.15) is 42.6 Å². The molecule has 1 aromatic heterocycles. The van der Waals surface area contributed by atoms with Crippen LogP contribution in [0.2, 0.25) is 5.02 Å². The maximum atomic E-state index is 14.5. The third-order valence-corrected chi connectivity index (χ3v) is 13.0. The number of hydrogen-bond acceptors (Lipinski definition) is 14. The fourth-order valence-corrected chi connectivity index (χ4v) is 8.99. The number of carbonyl (C=O) groups is 6. The lowest BCUT2D eigenvalue weighted by Gasteiger charge is -2.31. The number of anilines is 2. The number of nitrogens with one attached hydrogen (secondary N) is 1. The van der Waals surface area contributed by atoms with Crippen LogP contribution in [0.4, 0.5) is 15.8 Å². The van der Waals surface area contributed by atoms with Crippen molar-refractivity contribution >= 4 is 112 Å². The van der Waals surface area contributed by atoms with Gasteiger partial charge in [-0.3, -0.25) is 29.3 Å². The van der Waals surface area contributed by atoms with Gasteiger partial charge in [0.25, 0.3) is 17.7 Å². The highest BCUT2D eigenvalue weighted by atomic mass is 35.5. The lowest BCUT2D eigenvalue weighted by Crippen LogP contribution is -2.45. The number of imide groups is 1. The quantitative estimate of drug-likeness (QED) is 0.0238. The van der Waals surface area contributed by atoms with Crippen LogP contribution in [0, 0.1) is 12.7 Å². The molecule has 4 amide bonds. The lowest BCUT2D eigenvalue weighted by atomic mass is 9.93. The zero-order valence-corrected chi connectivity index (χ0v) is 51.0. The predicted molar refractivity (Wildman–Crippen MR) is 305 cm³/mol. The summed E-state index contributed by atoms with van der Waals surface area (Å²) in [4.78, 5) is 91.9. The number of esters is 1. The average molecular weight is 1230 g/mol. The maximum Gasteiger partial charge on any atom is 0.344 e. The van der Waals surface area contributed by atoms with Crippen LogP contribution in [0.3, 0.4) is 0 Å². The number of halogens is 5. The van der Waals surface area contributed by atoms with Gasteiger partial charge in [-0.1, -0.05) is 79.7 Å². The minimum Gasteiger partial charge on any atom is -0.778 e. The number of furan rings is 1. The van der Waals surface area contributed by atoms with Crippen LogP contribution in [0.1, 0.15) is 103 Å². The predicted octanol–water partition coefficient (Wildman–Crippen LogP) is 8.88. The van der Waals surface area contributed by atoms with E-state index in [9.17, 15) is 42.6 Å². The van der Waals surface area contributed by atoms with Gasteiger partial charge in [0, 0.05) is 24.3 Å². The molecule has 0 saturated carbocycles. The van der Waals surface area contributed by atoms with Crippen LogP contribution in [0.15, 0.2) is 64.3 Å². The number of unbranched alkanes of at least 4 members (excludes halogenated alkanes) is 2. The first-order valence-corrected chi connectivity index (χ1v) is 31.2. The van der Waals surface area contributed by atoms with Crippen LogP contribution in [0.5, 0.6) is 5.75 Å². The molecule has 0 spiro atoms. The molecule has 19 nitrogen and oxygen atoms in total. The molecule has 2 aliphatic heterocycles. The van der Waals surface area contributed by atoms with Crippen LogP contribution < -0.4 is 24.7 Å². The number of amides is 4. The van der Waals surface area contributed by atoms with E-state index in [-0.39, 0.29) is 46.3 Å². The summed E-state index contributed by atoms with van der Waals surface area (Å²) >= 11 is 23.0. The molecular formula is C53H74Cl4FN4O15PS. The molecule has 79 heavy (non-hydrogen) atoms. The highest BCUT2D eigenvalue weighted by Crippen LogP contribution is 2.40. The zero-order chi connectivity index (χ0) is 59.8. The van der Waals surface area contributed by atoms with Crippen molar-refractivity contribution in [2.45, 2.75) is 116 Å². The minimum absolute atomic E-state index is 0.000883. The van der Waals surface area contributed by atoms with Gasteiger partial charge in [0.15, 0.2) is 11.4 Å². The Balaban J connectivity index is 0.000000373. The van der Waals surface area contributed by atoms with Crippen LogP contribution >= 0.6 is 54.0 Å². The molecular weight excluding hydrogens is 1160 g/mol. The molecule has 1 saturated heterocycles. The molecule has 3 aliphatic rings. The average Bonchev–Trinajstić information content (AvgIpc) is 4.14. The first kappa shape index (κ1) is 70.9. The number of hydrogen-bond donors (Lipinski definition) is 3. The lowest BCUT2D eigenvalue weighted by molar-refractivity contribution is -0.193. The first-order valence-electron chi connectivity index (χ1n) is 25.2. The van der Waals surface area contributed by atoms with Crippen molar-refractivity contribution < 1.29 is 76.0 Å². The number of carbonyl (C=O) groups excluding carboxylic acids is 5. The Kier molecular flexibility index (Phi) is 31.3. The highest BCUT2D eigenvalue weighted by molar-refractivity contribution is 7.94. The zero-order valence-electron chi connectivity index (χ0n) is 46.2. The largest absolute Gasteiger partial charge is 0.778 e. The van der Waals surface area contributed by atoms with Gasteiger partial charge in [-0.05, 0) is 106 Å². The second-order valence-corrected chi connectivity index (χ2v) is 24.7. The van der Waals surface area contributed by atoms with E-state index in [1.54, 1.807) is 38.2 Å². The van der Waals surface area contributed by atoms with E-state index < -0.39 is 67.2 Å². The molecule has 2 aromatic carbocycles. The van der Waals surface area contributed by atoms with Crippen LogP contribution in [0.25, 0.3) is 0 Å². The third-order valence-electron chi connectivity index (χ3n) is 11.5. The Labute approximate surface area is 485 Å². The smallest absolute Gasteiger partial charge is 0.344 e. The van der Waals surface area contributed by atoms with E-state index in [1.165, 1.54) is 11.0 Å². The molecule has 1 fully saturated rings. The normalized spacial score (nSPS) is 16.5. The van der Waals surface area contributed by atoms with E-state index in [1.807, 2.05) is 44.3 Å². The summed E-state index contributed by atoms with van der Waals surface area (Å²) in [7, 11) is -2.07. The van der Waals surface area contributed by atoms with E-state index in [0.717, 1.165) is 66.3 Å². The topological polar surface area (TPSA) is 255 Å². The third kappa shape index (κ3) is 23.3. The Hall–Kier alpha value is -4.25. The van der Waals surface area contributed by atoms with Gasteiger partial charge in [0.2, 0.25) is 5.91 Å². The minimum atomic E-state index is -4.35. The van der Waals surface area contributed by atoms with E-state index in [2.05, 4.69) is 31.8 Å². The van der Waals surface area contributed by atoms with Crippen molar-refractivity contribution in [3.05, 3.63) is 87.6 Å². The maximum absolute atomic E-state index is 14.5. The molecule has 442 valence electrons. The number of ether oxygens (including phenoxy) is 4. The summed E-state index contributed by atoms with van der Waals surface area (Å²) in [6, 6.07) is 11.8. The Morgan fingerprint density at radius 2 is 1.66 bits per heavy atom. The molecule has 3 atom stereocenters. The molecule has 1 aliphatic carbocycles. The molecule has 3 heterocycles. The number of carboxylic acid groups (broad SMARTS) is 1. The molecule has 0 bridgehead atoms. The fourth-order valence-electron chi connectivity index (χ4n) is 8.03. The number of nitrogens with zero attached hydrogens (tertiary/aromatic N) is 3. The number of benzene rings is 2. The van der Waals surface area contributed by atoms with Crippen molar-refractivity contribution in [2.24, 2.45) is 0 Å². The number of aliphatic carboxylic acids is 1. The fraction of sp³-hybridized carbons (Fsp3) is 0.547. The number of carboxylic acids is 1. The first-order chi connectivity index (χ1) is 37.1. The van der Waals surface area contributed by atoms with Gasteiger partial charge in [-0.15, -0.1) is 11.6 Å². The molecule has 3 aromatic rings. The van der Waals surface area contributed by atoms with Crippen LogP contribution in [-0.2, 0) is 64.9 Å². The second kappa shape index (κ2) is 34.9. The van der Waals surface area contributed by atoms with Gasteiger partial charge in [-0.25, -0.2) is 14.1 Å². The molecule has 6 rings (SSSR count). The van der Waals surface area contributed by atoms with Gasteiger partial charge in [0.05, 0.1) is 80.1 Å². The van der Waals surface area contributed by atoms with Gasteiger partial charge < -0.3 is 52.6 Å². The van der Waals surface area contributed by atoms with Crippen molar-refractivity contribution in [1.29, 1.82) is 0 Å². The van der Waals surface area contributed by atoms with E-state index in [0.29, 0.717) is 60.4 Å². The van der Waals surface area contributed by atoms with Crippen molar-refractivity contribution in [3.8, 4) is 5.75 Å². The van der Waals surface area contributed by atoms with Crippen LogP contribution in [-0.4, -0.2) is 138 Å². The molecule has 0 radical (unpaired) electrons. The number of alkyl halides is 3. The number of methoxy groups -OCH3 is 1. The van der Waals surface area contributed by atoms with Crippen molar-refractivity contribution in [1.82, 2.24) is 10.2 Å². The SMILES string of the molecule is CC1(C)OC(c2ccco2)CN1C(=O)C(Cl)Cl.CCCCCOC(=O)COc1cc(N2C(=O)C3=C(CCCC3)C2=O)c(F)cc1Cl.CCc1cccc(C)c1N(C(=O)CCl)C(C)COC.C[S+](C)C.O=C(O)CNCP(=O)([O-])O. The summed E-state index contributed by atoms with van der Waals surface area (Å²) < 4.78 is 51.1. The molecule has 26 heteroatoms. The Bertz CT molecular complexity index is 2540. The molecule has 3 N–H and O–H groups in total. The summed E-state index contributed by atoms with van der Waals surface area (Å²) in [5.41, 5.74) is 3.14. The summed E-state index contributed by atoms with van der Waals surface area (Å²) in [5.74, 6) is -3.35. The number of para-hydroxylation sites is 1. The van der Waals surface area contributed by atoms with E-state index >= 15 is 0 Å². The Morgan fingerprint density at radius 1 is 1.04 bits per heavy atom. The number of rotatable bonds is 20. The standard InChI is InChI=1S/C21H23ClFNO5.C15H22ClNO2.C11H13Cl2NO3.C3H8NO5P.C3H9S/c1-2-3-6-9-28-19(25)12-29-18-11-17(16(23)10-15(18)22)24-20(26)13-7-4-5-8-14(13)21(24)27;1-5-13-8-6-7-11(2)15(13)17(14(18)9-16)12(3)10-19-4;1-11(2)14(10(15)9(12)13)6-8(17-11)7-4-3-5-16-7;5-3(6)1-4-2-10(7,8)9;1-4(2)3/h10-11H,2-9,12H2,1H3;6-8,12H,5,9-10H2,1-4H3;3-5,8-9H,6H2,1-2H3;4H,1-2H2,(H,5,6)(H2,7,8,9);1-3H3/q;;;;+1/p-1. The van der Waals surface area contributed by atoms with Crippen molar-refractivity contribution in [3.63, 3.8) is 0 Å².